The topological polar surface area (TPSA) is 70.4 Å². The molecule has 1 aliphatic rings. The number of hydrogen-bond acceptors (Lipinski definition) is 5. The van der Waals surface area contributed by atoms with E-state index in [0.29, 0.717) is 23.1 Å². The molecule has 4 N–H and O–H groups in total. The molecule has 1 atom stereocenters. The van der Waals surface area contributed by atoms with Gasteiger partial charge in [-0.3, -0.25) is 4.90 Å². The first-order valence-electron chi connectivity index (χ1n) is 8.03. The molecule has 0 bridgehead atoms. The van der Waals surface area contributed by atoms with Crippen LogP contribution < -0.4 is 16.4 Å². The first kappa shape index (κ1) is 19.2. The fourth-order valence-electron chi connectivity index (χ4n) is 2.91. The third-order valence-electron chi connectivity index (χ3n) is 4.16. The number of benzene rings is 1. The van der Waals surface area contributed by atoms with Crippen LogP contribution in [0, 0.1) is 0 Å². The standard InChI is InChI=1S/C17H24Cl2N4O/c1-21-17(11-24)13-10-23(7-4-16(13)22-6-5-20)9-12-2-3-14(18)15(19)8-12/h2-3,8,11,17,21-22H,4-7,9-10,20H2,1H3. The van der Waals surface area contributed by atoms with Gasteiger partial charge in [-0.05, 0) is 36.7 Å². The maximum Gasteiger partial charge on any atom is 0.141 e. The second-order valence-corrected chi connectivity index (χ2v) is 6.65. The van der Waals surface area contributed by atoms with Crippen LogP contribution in [0.15, 0.2) is 29.5 Å². The van der Waals surface area contributed by atoms with Gasteiger partial charge in [-0.1, -0.05) is 29.3 Å². The minimum atomic E-state index is -0.290. The van der Waals surface area contributed by atoms with Crippen molar-refractivity contribution < 1.29 is 4.79 Å². The summed E-state index contributed by atoms with van der Waals surface area (Å²) in [6, 6.07) is 5.40. The van der Waals surface area contributed by atoms with E-state index in [-0.39, 0.29) is 6.04 Å². The molecule has 0 spiro atoms. The van der Waals surface area contributed by atoms with E-state index < -0.39 is 0 Å². The molecule has 1 heterocycles. The molecule has 5 nitrogen and oxygen atoms in total. The number of rotatable bonds is 8. The van der Waals surface area contributed by atoms with Crippen LogP contribution in [0.3, 0.4) is 0 Å². The summed E-state index contributed by atoms with van der Waals surface area (Å²) in [4.78, 5) is 13.7. The SMILES string of the molecule is CNC(C=O)C1=C(NCCN)CCN(Cc2ccc(Cl)c(Cl)c2)C1. The van der Waals surface area contributed by atoms with Crippen LogP contribution in [0.1, 0.15) is 12.0 Å². The lowest BCUT2D eigenvalue weighted by Gasteiger charge is -2.33. The molecular weight excluding hydrogens is 347 g/mol. The van der Waals surface area contributed by atoms with Gasteiger partial charge < -0.3 is 21.2 Å². The molecule has 1 aromatic carbocycles. The fourth-order valence-corrected chi connectivity index (χ4v) is 3.23. The minimum Gasteiger partial charge on any atom is -0.387 e. The lowest BCUT2D eigenvalue weighted by molar-refractivity contribution is -0.108. The van der Waals surface area contributed by atoms with E-state index in [2.05, 4.69) is 15.5 Å². The lowest BCUT2D eigenvalue weighted by Crippen LogP contribution is -2.43. The van der Waals surface area contributed by atoms with Crippen molar-refractivity contribution in [1.29, 1.82) is 0 Å². The van der Waals surface area contributed by atoms with E-state index in [9.17, 15) is 4.79 Å². The molecule has 132 valence electrons. The van der Waals surface area contributed by atoms with Crippen molar-refractivity contribution in [2.24, 2.45) is 5.73 Å². The average Bonchev–Trinajstić information content (AvgIpc) is 2.58. The lowest BCUT2D eigenvalue weighted by atomic mass is 9.98. The number of likely N-dealkylation sites (N-methyl/N-ethyl adjacent to an activating group) is 1. The number of hydrogen-bond donors (Lipinski definition) is 3. The Morgan fingerprint density at radius 1 is 1.38 bits per heavy atom. The molecule has 1 aliphatic heterocycles. The number of carbonyl (C=O) groups is 1. The van der Waals surface area contributed by atoms with Gasteiger partial charge in [0.25, 0.3) is 0 Å². The number of halogens is 2. The molecular formula is C17H24Cl2N4O. The van der Waals surface area contributed by atoms with Crippen LogP contribution in [0.25, 0.3) is 0 Å². The summed E-state index contributed by atoms with van der Waals surface area (Å²) >= 11 is 12.1. The Kier molecular flexibility index (Phi) is 7.52. The van der Waals surface area contributed by atoms with Crippen molar-refractivity contribution in [2.75, 3.05) is 33.2 Å². The van der Waals surface area contributed by atoms with Gasteiger partial charge in [-0.2, -0.15) is 0 Å². The summed E-state index contributed by atoms with van der Waals surface area (Å²) in [7, 11) is 1.80. The van der Waals surface area contributed by atoms with Gasteiger partial charge >= 0.3 is 0 Å². The Hall–Kier alpha value is -1.11. The highest BCUT2D eigenvalue weighted by Gasteiger charge is 2.24. The second kappa shape index (κ2) is 9.39. The van der Waals surface area contributed by atoms with Gasteiger partial charge in [0.15, 0.2) is 0 Å². The Bertz CT molecular complexity index is 606. The van der Waals surface area contributed by atoms with Crippen LogP contribution in [0.4, 0.5) is 0 Å². The Morgan fingerprint density at radius 2 is 2.17 bits per heavy atom. The maximum absolute atomic E-state index is 11.4. The third-order valence-corrected chi connectivity index (χ3v) is 4.89. The summed E-state index contributed by atoms with van der Waals surface area (Å²) in [6.45, 7) is 3.67. The summed E-state index contributed by atoms with van der Waals surface area (Å²) in [5, 5.41) is 7.55. The van der Waals surface area contributed by atoms with Gasteiger partial charge in [0.2, 0.25) is 0 Å². The van der Waals surface area contributed by atoms with Crippen molar-refractivity contribution in [2.45, 2.75) is 19.0 Å². The Labute approximate surface area is 153 Å². The number of carbonyl (C=O) groups excluding carboxylic acids is 1. The van der Waals surface area contributed by atoms with E-state index in [1.807, 2.05) is 18.2 Å². The van der Waals surface area contributed by atoms with Crippen LogP contribution in [-0.2, 0) is 11.3 Å². The minimum absolute atomic E-state index is 0.290. The van der Waals surface area contributed by atoms with Crippen LogP contribution in [-0.4, -0.2) is 50.5 Å². The number of nitrogens with two attached hydrogens (primary N) is 1. The molecule has 0 fully saturated rings. The van der Waals surface area contributed by atoms with Gasteiger partial charge in [0.05, 0.1) is 16.1 Å². The van der Waals surface area contributed by atoms with Crippen molar-refractivity contribution in [3.05, 3.63) is 45.1 Å². The third kappa shape index (κ3) is 4.94. The van der Waals surface area contributed by atoms with Crippen molar-refractivity contribution in [3.8, 4) is 0 Å². The number of nitrogens with zero attached hydrogens (tertiary/aromatic N) is 1. The van der Waals surface area contributed by atoms with Crippen molar-refractivity contribution >= 4 is 29.5 Å². The van der Waals surface area contributed by atoms with E-state index in [0.717, 1.165) is 49.2 Å². The predicted octanol–water partition coefficient (Wildman–Crippen LogP) is 1.79. The van der Waals surface area contributed by atoms with Gasteiger partial charge in [-0.25, -0.2) is 0 Å². The molecule has 0 radical (unpaired) electrons. The van der Waals surface area contributed by atoms with E-state index >= 15 is 0 Å². The molecule has 2 rings (SSSR count). The van der Waals surface area contributed by atoms with Crippen LogP contribution in [0.5, 0.6) is 0 Å². The predicted molar refractivity (Wildman–Crippen MR) is 99.4 cm³/mol. The molecule has 7 heteroatoms. The summed E-state index contributed by atoms with van der Waals surface area (Å²) < 4.78 is 0. The number of nitrogens with one attached hydrogen (secondary N) is 2. The van der Waals surface area contributed by atoms with E-state index in [1.54, 1.807) is 7.05 Å². The normalized spacial score (nSPS) is 17.0. The first-order valence-corrected chi connectivity index (χ1v) is 8.79. The summed E-state index contributed by atoms with van der Waals surface area (Å²) in [5.41, 5.74) is 8.89. The highest BCUT2D eigenvalue weighted by atomic mass is 35.5. The summed E-state index contributed by atoms with van der Waals surface area (Å²) in [6.07, 6.45) is 1.81. The second-order valence-electron chi connectivity index (χ2n) is 5.83. The average molecular weight is 371 g/mol. The first-order chi connectivity index (χ1) is 11.6. The molecule has 1 aromatic rings. The van der Waals surface area contributed by atoms with Crippen molar-refractivity contribution in [3.63, 3.8) is 0 Å². The van der Waals surface area contributed by atoms with Crippen molar-refractivity contribution in [1.82, 2.24) is 15.5 Å². The van der Waals surface area contributed by atoms with E-state index in [4.69, 9.17) is 28.9 Å². The molecule has 1 unspecified atom stereocenters. The zero-order valence-electron chi connectivity index (χ0n) is 13.8. The molecule has 0 aromatic heterocycles. The highest BCUT2D eigenvalue weighted by molar-refractivity contribution is 6.42. The van der Waals surface area contributed by atoms with Gasteiger partial charge in [0.1, 0.15) is 6.29 Å². The maximum atomic E-state index is 11.4. The molecule has 0 aliphatic carbocycles. The zero-order chi connectivity index (χ0) is 17.5. The quantitative estimate of drug-likeness (QED) is 0.608. The largest absolute Gasteiger partial charge is 0.387 e. The van der Waals surface area contributed by atoms with Gasteiger partial charge in [-0.15, -0.1) is 0 Å². The Morgan fingerprint density at radius 3 is 2.79 bits per heavy atom. The Balaban J connectivity index is 2.13. The molecule has 0 amide bonds. The smallest absolute Gasteiger partial charge is 0.141 e. The molecule has 0 saturated heterocycles. The number of aldehydes is 1. The zero-order valence-corrected chi connectivity index (χ0v) is 15.3. The van der Waals surface area contributed by atoms with Crippen LogP contribution in [0.2, 0.25) is 10.0 Å². The molecule has 0 saturated carbocycles. The highest BCUT2D eigenvalue weighted by Crippen LogP contribution is 2.25. The summed E-state index contributed by atoms with van der Waals surface area (Å²) in [5.74, 6) is 0. The fraction of sp³-hybridized carbons (Fsp3) is 0.471. The monoisotopic (exact) mass is 370 g/mol. The molecule has 24 heavy (non-hydrogen) atoms. The van der Waals surface area contributed by atoms with E-state index in [1.165, 1.54) is 0 Å². The van der Waals surface area contributed by atoms with Crippen LogP contribution >= 0.6 is 23.2 Å². The van der Waals surface area contributed by atoms with Gasteiger partial charge in [0, 0.05) is 38.4 Å².